The van der Waals surface area contributed by atoms with Gasteiger partial charge in [0, 0.05) is 46.8 Å². The highest BCUT2D eigenvalue weighted by Gasteiger charge is 2.38. The Morgan fingerprint density at radius 2 is 1.91 bits per heavy atom. The summed E-state index contributed by atoms with van der Waals surface area (Å²) in [6.07, 6.45) is 3.03. The predicted octanol–water partition coefficient (Wildman–Crippen LogP) is 6.65. The second-order valence-corrected chi connectivity index (χ2v) is 11.5. The summed E-state index contributed by atoms with van der Waals surface area (Å²) in [6.45, 7) is 2.51. The molecule has 5 rings (SSSR count). The molecule has 4 heterocycles. The number of pyridine rings is 1. The van der Waals surface area contributed by atoms with Crippen molar-refractivity contribution in [3.63, 3.8) is 0 Å². The first-order valence-electron chi connectivity index (χ1n) is 13.3. The third-order valence-corrected chi connectivity index (χ3v) is 8.18. The molecule has 0 spiro atoms. The molecule has 2 aliphatic heterocycles. The maximum absolute atomic E-state index is 13.5. The van der Waals surface area contributed by atoms with Crippen LogP contribution in [0.25, 0.3) is 16.8 Å². The number of fused-ring (bicyclic) bond motifs is 4. The Kier molecular flexibility index (Phi) is 9.96. The van der Waals surface area contributed by atoms with Gasteiger partial charge in [-0.3, -0.25) is 19.3 Å². The monoisotopic (exact) mass is 681 g/mol. The van der Waals surface area contributed by atoms with Crippen LogP contribution in [0.1, 0.15) is 49.9 Å². The Hall–Kier alpha value is -3.71. The van der Waals surface area contributed by atoms with Crippen LogP contribution in [0, 0.1) is 5.92 Å². The van der Waals surface area contributed by atoms with Crippen LogP contribution in [-0.2, 0) is 21.4 Å². The van der Waals surface area contributed by atoms with Gasteiger partial charge in [-0.15, -0.1) is 0 Å². The number of aromatic nitrogens is 3. The first kappa shape index (κ1) is 32.2. The average Bonchev–Trinajstić information content (AvgIpc) is 3.31. The normalized spacial score (nSPS) is 19.1. The number of aliphatic carboxylic acids is 1. The topological polar surface area (TPSA) is 117 Å². The summed E-state index contributed by atoms with van der Waals surface area (Å²) in [6, 6.07) is 9.35. The molecule has 2 aromatic heterocycles. The number of carboxylic acid groups (broad SMARTS) is 1. The van der Waals surface area contributed by atoms with Gasteiger partial charge in [0.05, 0.1) is 29.3 Å². The lowest BCUT2D eigenvalue weighted by Crippen LogP contribution is -2.38. The minimum absolute atomic E-state index is 0.0237. The molecule has 2 N–H and O–H groups in total. The summed E-state index contributed by atoms with van der Waals surface area (Å²) in [5, 5.41) is 15.2. The standard InChI is InChI=1S/C27H27BrClN5O2.C2HF3O2/c1-16-4-3-5-24(34-11-9-17(13-25(34)35)20-14-19(29)6-7-21(20)28)22-12-18(8-10-30-22)26-23(32-27(16)36)15-31-33(26)2;3-2(4,5)1(6)7/h6-8,10,12-16,24H,3-5,9,11H2,1-2H3,(H,32,36);(H,6,7)/t16-,24+;/m1./s1. The number of nitrogens with one attached hydrogen (secondary N) is 1. The molecule has 2 amide bonds. The number of carbonyl (C=O) groups is 3. The molecule has 2 aliphatic rings. The lowest BCUT2D eigenvalue weighted by Gasteiger charge is -2.34. The van der Waals surface area contributed by atoms with Crippen LogP contribution in [0.5, 0.6) is 0 Å². The first-order valence-corrected chi connectivity index (χ1v) is 14.5. The zero-order valence-electron chi connectivity index (χ0n) is 23.2. The molecule has 0 fully saturated rings. The van der Waals surface area contributed by atoms with E-state index in [1.165, 1.54) is 0 Å². The van der Waals surface area contributed by atoms with Crippen LogP contribution in [0.4, 0.5) is 18.9 Å². The van der Waals surface area contributed by atoms with Crippen molar-refractivity contribution in [1.82, 2.24) is 19.7 Å². The number of hydrogen-bond donors (Lipinski definition) is 2. The van der Waals surface area contributed by atoms with Gasteiger partial charge in [-0.1, -0.05) is 40.9 Å². The Balaban J connectivity index is 0.000000541. The van der Waals surface area contributed by atoms with Crippen LogP contribution in [0.15, 0.2) is 53.3 Å². The smallest absolute Gasteiger partial charge is 0.475 e. The third kappa shape index (κ3) is 7.63. The summed E-state index contributed by atoms with van der Waals surface area (Å²) >= 11 is 9.81. The molecule has 14 heteroatoms. The van der Waals surface area contributed by atoms with Crippen molar-refractivity contribution >= 4 is 56.6 Å². The molecule has 9 nitrogen and oxygen atoms in total. The van der Waals surface area contributed by atoms with Crippen molar-refractivity contribution < 1.29 is 32.7 Å². The van der Waals surface area contributed by atoms with E-state index in [9.17, 15) is 22.8 Å². The fraction of sp³-hybridized carbons (Fsp3) is 0.345. The molecule has 2 atom stereocenters. The Morgan fingerprint density at radius 3 is 2.58 bits per heavy atom. The van der Waals surface area contributed by atoms with E-state index in [0.29, 0.717) is 23.7 Å². The minimum Gasteiger partial charge on any atom is -0.475 e. The molecule has 0 unspecified atom stereocenters. The van der Waals surface area contributed by atoms with E-state index in [0.717, 1.165) is 51.8 Å². The van der Waals surface area contributed by atoms with Gasteiger partial charge < -0.3 is 15.3 Å². The number of halogens is 5. The van der Waals surface area contributed by atoms with Crippen LogP contribution >= 0.6 is 27.5 Å². The number of nitrogens with zero attached hydrogens (tertiary/aromatic N) is 4. The van der Waals surface area contributed by atoms with E-state index < -0.39 is 12.1 Å². The van der Waals surface area contributed by atoms with E-state index in [1.807, 2.05) is 49.2 Å². The van der Waals surface area contributed by atoms with Gasteiger partial charge in [-0.2, -0.15) is 18.3 Å². The van der Waals surface area contributed by atoms with Gasteiger partial charge in [0.1, 0.15) is 0 Å². The summed E-state index contributed by atoms with van der Waals surface area (Å²) in [5.74, 6) is -2.98. The lowest BCUT2D eigenvalue weighted by molar-refractivity contribution is -0.192. The van der Waals surface area contributed by atoms with Gasteiger partial charge in [0.25, 0.3) is 0 Å². The third-order valence-electron chi connectivity index (χ3n) is 7.25. The number of anilines is 1. The average molecular weight is 683 g/mol. The zero-order valence-corrected chi connectivity index (χ0v) is 25.5. The van der Waals surface area contributed by atoms with Gasteiger partial charge in [0.2, 0.25) is 11.8 Å². The van der Waals surface area contributed by atoms with Crippen molar-refractivity contribution in [2.75, 3.05) is 11.9 Å². The maximum Gasteiger partial charge on any atom is 0.490 e. The number of hydrogen-bond acceptors (Lipinski definition) is 5. The molecule has 0 aliphatic carbocycles. The summed E-state index contributed by atoms with van der Waals surface area (Å²) in [7, 11) is 1.85. The molecule has 1 aromatic carbocycles. The highest BCUT2D eigenvalue weighted by Crippen LogP contribution is 2.37. The first-order chi connectivity index (χ1) is 20.3. The quantitative estimate of drug-likeness (QED) is 0.313. The van der Waals surface area contributed by atoms with Crippen molar-refractivity contribution in [3.05, 3.63) is 69.6 Å². The molecular formula is C29H28BrClF3N5O4. The Bertz CT molecular complexity index is 1580. The van der Waals surface area contributed by atoms with E-state index in [1.54, 1.807) is 23.2 Å². The minimum atomic E-state index is -5.08. The van der Waals surface area contributed by atoms with Crippen molar-refractivity contribution in [2.45, 2.75) is 44.8 Å². The van der Waals surface area contributed by atoms with E-state index >= 15 is 0 Å². The number of carbonyl (C=O) groups excluding carboxylic acids is 2. The SMILES string of the molecule is C[C@@H]1CCC[C@H](N2CCC(c3cc(Cl)ccc3Br)=CC2=O)c2cc(ccn2)-c2c(cnn2C)NC1=O.O=C(O)C(F)(F)F. The largest absolute Gasteiger partial charge is 0.490 e. The van der Waals surface area contributed by atoms with E-state index in [2.05, 4.69) is 26.3 Å². The number of aryl methyl sites for hydroxylation is 1. The fourth-order valence-electron chi connectivity index (χ4n) is 5.04. The second kappa shape index (κ2) is 13.3. The number of benzene rings is 1. The highest BCUT2D eigenvalue weighted by molar-refractivity contribution is 9.10. The van der Waals surface area contributed by atoms with Crippen molar-refractivity contribution in [3.8, 4) is 11.3 Å². The maximum atomic E-state index is 13.5. The van der Waals surface area contributed by atoms with Crippen molar-refractivity contribution in [2.24, 2.45) is 13.0 Å². The highest BCUT2D eigenvalue weighted by atomic mass is 79.9. The Morgan fingerprint density at radius 1 is 1.19 bits per heavy atom. The lowest BCUT2D eigenvalue weighted by atomic mass is 9.93. The number of carboxylic acids is 1. The van der Waals surface area contributed by atoms with Gasteiger partial charge >= 0.3 is 12.1 Å². The Labute approximate surface area is 258 Å². The molecule has 0 saturated carbocycles. The molecule has 3 aromatic rings. The van der Waals surface area contributed by atoms with Crippen LogP contribution < -0.4 is 5.32 Å². The zero-order chi connectivity index (χ0) is 31.5. The van der Waals surface area contributed by atoms with Crippen molar-refractivity contribution in [1.29, 1.82) is 0 Å². The van der Waals surface area contributed by atoms with Gasteiger partial charge in [-0.25, -0.2) is 4.79 Å². The molecule has 0 saturated heterocycles. The van der Waals surface area contributed by atoms with Crippen LogP contribution in [-0.4, -0.2) is 55.3 Å². The molecule has 2 bridgehead atoms. The summed E-state index contributed by atoms with van der Waals surface area (Å²) in [5.41, 5.74) is 5.14. The van der Waals surface area contributed by atoms with Gasteiger partial charge in [0.15, 0.2) is 0 Å². The molecule has 0 radical (unpaired) electrons. The van der Waals surface area contributed by atoms with E-state index in [4.69, 9.17) is 26.5 Å². The van der Waals surface area contributed by atoms with Gasteiger partial charge in [-0.05, 0) is 60.7 Å². The van der Waals surface area contributed by atoms with Crippen LogP contribution in [0.3, 0.4) is 0 Å². The molecular weight excluding hydrogens is 655 g/mol. The number of amides is 2. The number of alkyl halides is 3. The molecule has 228 valence electrons. The molecule has 43 heavy (non-hydrogen) atoms. The predicted molar refractivity (Wildman–Crippen MR) is 158 cm³/mol. The summed E-state index contributed by atoms with van der Waals surface area (Å²) in [4.78, 5) is 41.8. The second-order valence-electron chi connectivity index (χ2n) is 10.2. The van der Waals surface area contributed by atoms with E-state index in [-0.39, 0.29) is 23.8 Å². The fourth-order valence-corrected chi connectivity index (χ4v) is 5.71. The van der Waals surface area contributed by atoms with Crippen LogP contribution in [0.2, 0.25) is 5.02 Å². The number of rotatable bonds is 2. The summed E-state index contributed by atoms with van der Waals surface area (Å²) < 4.78 is 34.4.